The number of carbonyl (C=O) groups is 1. The highest BCUT2D eigenvalue weighted by Crippen LogP contribution is 2.23. The van der Waals surface area contributed by atoms with Crippen LogP contribution in [0.4, 0.5) is 0 Å². The Kier molecular flexibility index (Phi) is 7.16. The van der Waals surface area contributed by atoms with E-state index in [1.807, 2.05) is 18.2 Å². The summed E-state index contributed by atoms with van der Waals surface area (Å²) in [6.07, 6.45) is 1.14. The minimum absolute atomic E-state index is 0.0851. The molecule has 1 aliphatic rings. The van der Waals surface area contributed by atoms with Crippen LogP contribution in [0.3, 0.4) is 0 Å². The molecule has 6 heteroatoms. The van der Waals surface area contributed by atoms with E-state index in [4.69, 9.17) is 9.47 Å². The van der Waals surface area contributed by atoms with Crippen LogP contribution in [0.25, 0.3) is 0 Å². The van der Waals surface area contributed by atoms with Crippen molar-refractivity contribution in [1.29, 1.82) is 0 Å². The third kappa shape index (κ3) is 6.08. The van der Waals surface area contributed by atoms with Crippen LogP contribution in [-0.2, 0) is 11.2 Å². The molecule has 0 unspecified atom stereocenters. The molecule has 128 valence electrons. The first-order valence-corrected chi connectivity index (χ1v) is 8.13. The molecule has 0 saturated carbocycles. The monoisotopic (exact) mass is 321 g/mol. The van der Waals surface area contributed by atoms with Gasteiger partial charge < -0.3 is 20.1 Å². The van der Waals surface area contributed by atoms with Gasteiger partial charge in [-0.25, -0.2) is 0 Å². The zero-order chi connectivity index (χ0) is 16.5. The molecular weight excluding hydrogens is 294 g/mol. The average molecular weight is 321 g/mol. The van der Waals surface area contributed by atoms with Crippen LogP contribution in [0.1, 0.15) is 12.0 Å². The van der Waals surface area contributed by atoms with Gasteiger partial charge in [0.25, 0.3) is 0 Å². The van der Waals surface area contributed by atoms with Gasteiger partial charge in [0.2, 0.25) is 5.91 Å². The molecule has 23 heavy (non-hydrogen) atoms. The van der Waals surface area contributed by atoms with Crippen molar-refractivity contribution in [2.45, 2.75) is 12.8 Å². The SMILES string of the molecule is COc1cc(CCC(=O)NCCN2CCNCC2)cc(OC)c1. The van der Waals surface area contributed by atoms with Crippen molar-refractivity contribution in [1.82, 2.24) is 15.5 Å². The molecular formula is C17H27N3O3. The van der Waals surface area contributed by atoms with Gasteiger partial charge in [0.15, 0.2) is 0 Å². The van der Waals surface area contributed by atoms with Gasteiger partial charge in [-0.05, 0) is 24.1 Å². The summed E-state index contributed by atoms with van der Waals surface area (Å²) >= 11 is 0. The van der Waals surface area contributed by atoms with Gasteiger partial charge in [-0.3, -0.25) is 9.69 Å². The van der Waals surface area contributed by atoms with E-state index in [0.717, 1.165) is 49.8 Å². The van der Waals surface area contributed by atoms with E-state index < -0.39 is 0 Å². The molecule has 1 heterocycles. The maximum Gasteiger partial charge on any atom is 0.220 e. The van der Waals surface area contributed by atoms with Gasteiger partial charge in [0.05, 0.1) is 14.2 Å². The number of nitrogens with one attached hydrogen (secondary N) is 2. The smallest absolute Gasteiger partial charge is 0.220 e. The third-order valence-electron chi connectivity index (χ3n) is 4.01. The summed E-state index contributed by atoms with van der Waals surface area (Å²) in [5.74, 6) is 1.58. The number of piperazine rings is 1. The van der Waals surface area contributed by atoms with Gasteiger partial charge in [0.1, 0.15) is 11.5 Å². The number of hydrogen-bond donors (Lipinski definition) is 2. The molecule has 0 radical (unpaired) electrons. The summed E-state index contributed by atoms with van der Waals surface area (Å²) in [6, 6.07) is 5.71. The highest BCUT2D eigenvalue weighted by Gasteiger charge is 2.10. The highest BCUT2D eigenvalue weighted by atomic mass is 16.5. The number of aryl methyl sites for hydroxylation is 1. The van der Waals surface area contributed by atoms with Gasteiger partial charge in [-0.1, -0.05) is 0 Å². The standard InChI is InChI=1S/C17H27N3O3/c1-22-15-11-14(12-16(13-15)23-2)3-4-17(21)19-7-10-20-8-5-18-6-9-20/h11-13,18H,3-10H2,1-2H3,(H,19,21). The van der Waals surface area contributed by atoms with Crippen molar-refractivity contribution in [2.24, 2.45) is 0 Å². The van der Waals surface area contributed by atoms with Crippen molar-refractivity contribution in [3.63, 3.8) is 0 Å². The summed E-state index contributed by atoms with van der Waals surface area (Å²) in [5, 5.41) is 6.32. The molecule has 0 aromatic heterocycles. The van der Waals surface area contributed by atoms with E-state index in [9.17, 15) is 4.79 Å². The third-order valence-corrected chi connectivity index (χ3v) is 4.01. The molecule has 6 nitrogen and oxygen atoms in total. The first-order chi connectivity index (χ1) is 11.2. The molecule has 0 atom stereocenters. The van der Waals surface area contributed by atoms with E-state index in [-0.39, 0.29) is 5.91 Å². The number of nitrogens with zero attached hydrogens (tertiary/aromatic N) is 1. The van der Waals surface area contributed by atoms with Crippen LogP contribution in [0.15, 0.2) is 18.2 Å². The molecule has 1 fully saturated rings. The fourth-order valence-corrected chi connectivity index (χ4v) is 2.65. The lowest BCUT2D eigenvalue weighted by molar-refractivity contribution is -0.121. The van der Waals surface area contributed by atoms with Gasteiger partial charge in [-0.15, -0.1) is 0 Å². The summed E-state index contributed by atoms with van der Waals surface area (Å²) in [7, 11) is 3.25. The van der Waals surface area contributed by atoms with E-state index >= 15 is 0 Å². The Balaban J connectivity index is 1.71. The minimum Gasteiger partial charge on any atom is -0.497 e. The molecule has 1 aliphatic heterocycles. The van der Waals surface area contributed by atoms with Gasteiger partial charge in [0, 0.05) is 51.8 Å². The normalized spacial score (nSPS) is 15.2. The molecule has 1 amide bonds. The van der Waals surface area contributed by atoms with Crippen molar-refractivity contribution in [3.8, 4) is 11.5 Å². The van der Waals surface area contributed by atoms with Crippen molar-refractivity contribution >= 4 is 5.91 Å². The lowest BCUT2D eigenvalue weighted by Gasteiger charge is -2.27. The van der Waals surface area contributed by atoms with Gasteiger partial charge >= 0.3 is 0 Å². The maximum atomic E-state index is 12.0. The highest BCUT2D eigenvalue weighted by molar-refractivity contribution is 5.76. The van der Waals surface area contributed by atoms with Crippen LogP contribution in [0, 0.1) is 0 Å². The molecule has 0 aliphatic carbocycles. The number of methoxy groups -OCH3 is 2. The topological polar surface area (TPSA) is 62.8 Å². The Morgan fingerprint density at radius 1 is 1.17 bits per heavy atom. The molecule has 0 bridgehead atoms. The van der Waals surface area contributed by atoms with E-state index in [2.05, 4.69) is 15.5 Å². The number of hydrogen-bond acceptors (Lipinski definition) is 5. The summed E-state index contributed by atoms with van der Waals surface area (Å²) < 4.78 is 10.5. The fourth-order valence-electron chi connectivity index (χ4n) is 2.65. The second kappa shape index (κ2) is 9.37. The maximum absolute atomic E-state index is 12.0. The largest absolute Gasteiger partial charge is 0.497 e. The van der Waals surface area contributed by atoms with Crippen molar-refractivity contribution < 1.29 is 14.3 Å². The number of carbonyl (C=O) groups excluding carboxylic acids is 1. The minimum atomic E-state index is 0.0851. The summed E-state index contributed by atoms with van der Waals surface area (Å²) in [4.78, 5) is 14.3. The fraction of sp³-hybridized carbons (Fsp3) is 0.588. The zero-order valence-electron chi connectivity index (χ0n) is 14.1. The predicted octanol–water partition coefficient (Wildman–Crippen LogP) is 0.658. The molecule has 1 aromatic carbocycles. The molecule has 2 rings (SSSR count). The molecule has 2 N–H and O–H groups in total. The predicted molar refractivity (Wildman–Crippen MR) is 90.2 cm³/mol. The molecule has 1 aromatic rings. The lowest BCUT2D eigenvalue weighted by atomic mass is 10.1. The van der Waals surface area contributed by atoms with Crippen LogP contribution in [-0.4, -0.2) is 64.3 Å². The Bertz CT molecular complexity index is 480. The number of ether oxygens (including phenoxy) is 2. The average Bonchev–Trinajstić information content (AvgIpc) is 2.60. The van der Waals surface area contributed by atoms with Crippen molar-refractivity contribution in [3.05, 3.63) is 23.8 Å². The Labute approximate surface area is 138 Å². The van der Waals surface area contributed by atoms with Crippen molar-refractivity contribution in [2.75, 3.05) is 53.5 Å². The van der Waals surface area contributed by atoms with E-state index in [1.54, 1.807) is 14.2 Å². The zero-order valence-corrected chi connectivity index (χ0v) is 14.1. The number of amides is 1. The summed E-state index contributed by atoms with van der Waals surface area (Å²) in [6.45, 7) is 5.80. The van der Waals surface area contributed by atoms with E-state index in [0.29, 0.717) is 19.4 Å². The Morgan fingerprint density at radius 2 is 1.83 bits per heavy atom. The second-order valence-electron chi connectivity index (χ2n) is 5.66. The van der Waals surface area contributed by atoms with E-state index in [1.165, 1.54) is 0 Å². The Hall–Kier alpha value is -1.79. The first kappa shape index (κ1) is 17.6. The second-order valence-corrected chi connectivity index (χ2v) is 5.66. The first-order valence-electron chi connectivity index (χ1n) is 8.13. The number of rotatable bonds is 8. The number of benzene rings is 1. The van der Waals surface area contributed by atoms with Crippen LogP contribution < -0.4 is 20.1 Å². The van der Waals surface area contributed by atoms with Crippen LogP contribution in [0.2, 0.25) is 0 Å². The Morgan fingerprint density at radius 3 is 2.43 bits per heavy atom. The molecule has 1 saturated heterocycles. The van der Waals surface area contributed by atoms with Gasteiger partial charge in [-0.2, -0.15) is 0 Å². The summed E-state index contributed by atoms with van der Waals surface area (Å²) in [5.41, 5.74) is 1.04. The molecule has 0 spiro atoms. The van der Waals surface area contributed by atoms with Crippen LogP contribution >= 0.6 is 0 Å². The lowest BCUT2D eigenvalue weighted by Crippen LogP contribution is -2.46. The quantitative estimate of drug-likeness (QED) is 0.736. The van der Waals surface area contributed by atoms with Crippen LogP contribution in [0.5, 0.6) is 11.5 Å².